The van der Waals surface area contributed by atoms with Gasteiger partial charge < -0.3 is 15.0 Å². The Balaban J connectivity index is 0.00000106. The zero-order valence-corrected chi connectivity index (χ0v) is 19.6. The summed E-state index contributed by atoms with van der Waals surface area (Å²) in [4.78, 5) is 14.5. The Morgan fingerprint density at radius 2 is 1.90 bits per heavy atom. The van der Waals surface area contributed by atoms with Crippen molar-refractivity contribution < 1.29 is 9.53 Å². The molecule has 1 atom stereocenters. The second-order valence-electron chi connectivity index (χ2n) is 6.23. The molecule has 1 heterocycles. The minimum Gasteiger partial charge on any atom is -0.477 e. The minimum absolute atomic E-state index is 0.0647. The third kappa shape index (κ3) is 7.75. The summed E-state index contributed by atoms with van der Waals surface area (Å²) in [7, 11) is 0. The highest BCUT2D eigenvalue weighted by Crippen LogP contribution is 2.33. The number of carbonyl (C=O) groups is 1. The molecule has 0 aromatic heterocycles. The van der Waals surface area contributed by atoms with Crippen molar-refractivity contribution in [1.29, 1.82) is 0 Å². The fourth-order valence-electron chi connectivity index (χ4n) is 2.90. The maximum Gasteiger partial charge on any atom is 0.262 e. The Morgan fingerprint density at radius 1 is 1.17 bits per heavy atom. The maximum absolute atomic E-state index is 12.3. The van der Waals surface area contributed by atoms with E-state index in [1.165, 1.54) is 0 Å². The molecule has 0 fully saturated rings. The van der Waals surface area contributed by atoms with Crippen LogP contribution in [0.4, 0.5) is 5.69 Å². The van der Waals surface area contributed by atoms with Crippen LogP contribution < -0.4 is 15.0 Å². The third-order valence-electron chi connectivity index (χ3n) is 4.19. The van der Waals surface area contributed by atoms with Gasteiger partial charge in [-0.25, -0.2) is 0 Å². The minimum atomic E-state index is -0.504. The monoisotopic (exact) mass is 430 g/mol. The van der Waals surface area contributed by atoms with Gasteiger partial charge in [-0.1, -0.05) is 82.6 Å². The molecule has 0 saturated heterocycles. The zero-order valence-electron chi connectivity index (χ0n) is 18.8. The molecule has 1 N–H and O–H groups in total. The van der Waals surface area contributed by atoms with E-state index in [4.69, 9.17) is 16.3 Å². The van der Waals surface area contributed by atoms with Crippen LogP contribution in [0.15, 0.2) is 54.6 Å². The lowest BCUT2D eigenvalue weighted by Gasteiger charge is -2.35. The smallest absolute Gasteiger partial charge is 0.262 e. The van der Waals surface area contributed by atoms with E-state index in [2.05, 4.69) is 16.3 Å². The first-order valence-corrected chi connectivity index (χ1v) is 11.3. The van der Waals surface area contributed by atoms with Crippen LogP contribution in [0.2, 0.25) is 5.02 Å². The summed E-state index contributed by atoms with van der Waals surface area (Å²) in [5.41, 5.74) is 2.05. The second kappa shape index (κ2) is 14.5. The lowest BCUT2D eigenvalue weighted by Crippen LogP contribution is -2.49. The first-order chi connectivity index (χ1) is 14.7. The number of fused-ring (bicyclic) bond motifs is 1. The molecule has 0 radical (unpaired) electrons. The number of nitrogens with one attached hydrogen (secondary N) is 1. The molecule has 0 saturated carbocycles. The zero-order chi connectivity index (χ0) is 22.4. The third-order valence-corrected chi connectivity index (χ3v) is 4.42. The molecule has 1 unspecified atom stereocenters. The molecule has 164 valence electrons. The molecule has 2 aromatic carbocycles. The van der Waals surface area contributed by atoms with Gasteiger partial charge in [0.25, 0.3) is 5.91 Å². The Labute approximate surface area is 186 Å². The number of hydrogen-bond donors (Lipinski definition) is 1. The summed E-state index contributed by atoms with van der Waals surface area (Å²) in [5, 5.41) is 3.64. The number of halogens is 1. The molecule has 1 amide bonds. The maximum atomic E-state index is 12.3. The van der Waals surface area contributed by atoms with Crippen molar-refractivity contribution in [1.82, 2.24) is 5.32 Å². The van der Waals surface area contributed by atoms with Gasteiger partial charge in [0.15, 0.2) is 6.10 Å². The number of rotatable bonds is 6. The highest BCUT2D eigenvalue weighted by Gasteiger charge is 2.29. The molecular weight excluding hydrogens is 396 g/mol. The topological polar surface area (TPSA) is 41.6 Å². The molecule has 2 aromatic rings. The summed E-state index contributed by atoms with van der Waals surface area (Å²) in [6.07, 6.45) is 4.52. The van der Waals surface area contributed by atoms with Gasteiger partial charge in [-0.15, -0.1) is 0 Å². The Bertz CT molecular complexity index is 792. The average molecular weight is 431 g/mol. The molecule has 5 heteroatoms. The molecule has 0 bridgehead atoms. The summed E-state index contributed by atoms with van der Waals surface area (Å²) in [5.74, 6) is 0.678. The van der Waals surface area contributed by atoms with Crippen LogP contribution >= 0.6 is 11.6 Å². The van der Waals surface area contributed by atoms with Gasteiger partial charge in [0, 0.05) is 18.1 Å². The number of para-hydroxylation sites is 2. The van der Waals surface area contributed by atoms with Crippen molar-refractivity contribution in [2.24, 2.45) is 0 Å². The normalized spacial score (nSPS) is 14.5. The lowest BCUT2D eigenvalue weighted by molar-refractivity contribution is -0.127. The standard InChI is InChI=1S/C21H23ClN2O2.2C2H6/c1-2-12-23-21(25)20-15-24(18-10-3-4-11-19(18)26-20)13-6-8-16-7-5-9-17(22)14-16;2*1-2/h3-11,14,20H,2,12-13,15H2,1H3,(H,23,25);2*1-2H3/b8-6+;;. The number of benzene rings is 2. The Morgan fingerprint density at radius 3 is 2.60 bits per heavy atom. The number of anilines is 1. The van der Waals surface area contributed by atoms with Crippen molar-refractivity contribution in [2.75, 3.05) is 24.5 Å². The van der Waals surface area contributed by atoms with E-state index in [1.54, 1.807) is 0 Å². The van der Waals surface area contributed by atoms with E-state index in [-0.39, 0.29) is 5.91 Å². The first-order valence-electron chi connectivity index (χ1n) is 10.9. The van der Waals surface area contributed by atoms with Crippen molar-refractivity contribution >= 4 is 29.3 Å². The second-order valence-corrected chi connectivity index (χ2v) is 6.66. The highest BCUT2D eigenvalue weighted by atomic mass is 35.5. The predicted octanol–water partition coefficient (Wildman–Crippen LogP) is 6.20. The highest BCUT2D eigenvalue weighted by molar-refractivity contribution is 6.30. The van der Waals surface area contributed by atoms with Crippen LogP contribution in [-0.4, -0.2) is 31.6 Å². The van der Waals surface area contributed by atoms with Crippen LogP contribution in [-0.2, 0) is 4.79 Å². The van der Waals surface area contributed by atoms with Crippen LogP contribution in [0.3, 0.4) is 0 Å². The van der Waals surface area contributed by atoms with E-state index in [0.717, 1.165) is 28.4 Å². The summed E-state index contributed by atoms with van der Waals surface area (Å²) in [6, 6.07) is 15.5. The van der Waals surface area contributed by atoms with Crippen LogP contribution in [0.25, 0.3) is 6.08 Å². The van der Waals surface area contributed by atoms with E-state index < -0.39 is 6.10 Å². The number of nitrogens with zero attached hydrogens (tertiary/aromatic N) is 1. The van der Waals surface area contributed by atoms with Gasteiger partial charge in [0.05, 0.1) is 12.2 Å². The van der Waals surface area contributed by atoms with Crippen LogP contribution in [0.1, 0.15) is 46.6 Å². The quantitative estimate of drug-likeness (QED) is 0.593. The van der Waals surface area contributed by atoms with Gasteiger partial charge in [0.1, 0.15) is 5.75 Å². The largest absolute Gasteiger partial charge is 0.477 e. The van der Waals surface area contributed by atoms with Crippen molar-refractivity contribution in [3.8, 4) is 5.75 Å². The summed E-state index contributed by atoms with van der Waals surface area (Å²) >= 11 is 6.03. The predicted molar refractivity (Wildman–Crippen MR) is 130 cm³/mol. The SMILES string of the molecule is CC.CC.CCCNC(=O)C1CN(C/C=C/c2cccc(Cl)c2)c2ccccc2O1. The number of carbonyl (C=O) groups excluding carboxylic acids is 1. The Hall–Kier alpha value is -2.46. The van der Waals surface area contributed by atoms with Gasteiger partial charge in [-0.3, -0.25) is 4.79 Å². The number of hydrogen-bond acceptors (Lipinski definition) is 3. The van der Waals surface area contributed by atoms with Crippen molar-refractivity contribution in [2.45, 2.75) is 47.1 Å². The van der Waals surface area contributed by atoms with E-state index in [0.29, 0.717) is 19.6 Å². The molecule has 0 aliphatic carbocycles. The number of amides is 1. The van der Waals surface area contributed by atoms with E-state index in [1.807, 2.05) is 89.2 Å². The van der Waals surface area contributed by atoms with E-state index in [9.17, 15) is 4.79 Å². The molecule has 0 spiro atoms. The van der Waals surface area contributed by atoms with E-state index >= 15 is 0 Å². The fraction of sp³-hybridized carbons (Fsp3) is 0.400. The molecular formula is C25H35ClN2O2. The molecule has 1 aliphatic rings. The number of ether oxygens (including phenoxy) is 1. The molecule has 4 nitrogen and oxygen atoms in total. The van der Waals surface area contributed by atoms with Gasteiger partial charge in [0.2, 0.25) is 0 Å². The van der Waals surface area contributed by atoms with Gasteiger partial charge >= 0.3 is 0 Å². The van der Waals surface area contributed by atoms with Gasteiger partial charge in [-0.2, -0.15) is 0 Å². The first kappa shape index (κ1) is 25.6. The van der Waals surface area contributed by atoms with Crippen molar-refractivity contribution in [3.05, 3.63) is 65.2 Å². The van der Waals surface area contributed by atoms with Crippen LogP contribution in [0.5, 0.6) is 5.75 Å². The lowest BCUT2D eigenvalue weighted by atomic mass is 10.1. The fourth-order valence-corrected chi connectivity index (χ4v) is 3.10. The van der Waals surface area contributed by atoms with Crippen molar-refractivity contribution in [3.63, 3.8) is 0 Å². The molecule has 1 aliphatic heterocycles. The Kier molecular flexibility index (Phi) is 12.4. The summed E-state index contributed by atoms with van der Waals surface area (Å²) < 4.78 is 5.91. The average Bonchev–Trinajstić information content (AvgIpc) is 2.80. The van der Waals surface area contributed by atoms with Crippen LogP contribution in [0, 0.1) is 0 Å². The molecule has 3 rings (SSSR count). The molecule has 30 heavy (non-hydrogen) atoms. The summed E-state index contributed by atoms with van der Waals surface area (Å²) in [6.45, 7) is 11.9. The van der Waals surface area contributed by atoms with Gasteiger partial charge in [-0.05, 0) is 36.2 Å².